The smallest absolute Gasteiger partial charge is 0.405 e. The van der Waals surface area contributed by atoms with Gasteiger partial charge in [-0.1, -0.05) is 0 Å². The van der Waals surface area contributed by atoms with Crippen LogP contribution < -0.4 is 0 Å². The van der Waals surface area contributed by atoms with E-state index in [2.05, 4.69) is 0 Å². The zero-order valence-corrected chi connectivity index (χ0v) is 10.1. The van der Waals surface area contributed by atoms with Gasteiger partial charge in [0.2, 0.25) is 0 Å². The number of alkyl halides is 3. The Hall–Kier alpha value is -1.17. The molecule has 0 aromatic carbocycles. The molecule has 0 saturated heterocycles. The van der Waals surface area contributed by atoms with E-state index in [1.54, 1.807) is 25.9 Å². The molecule has 0 spiro atoms. The third-order valence-electron chi connectivity index (χ3n) is 2.55. The predicted molar refractivity (Wildman–Crippen MR) is 59.6 cm³/mol. The van der Waals surface area contributed by atoms with E-state index in [1.165, 1.54) is 17.1 Å². The van der Waals surface area contributed by atoms with Gasteiger partial charge in [0.15, 0.2) is 0 Å². The number of halogens is 3. The van der Waals surface area contributed by atoms with Gasteiger partial charge in [-0.05, 0) is 33.2 Å². The zero-order valence-electron chi connectivity index (χ0n) is 10.1. The van der Waals surface area contributed by atoms with E-state index >= 15 is 0 Å². The van der Waals surface area contributed by atoms with E-state index in [-0.39, 0.29) is 5.76 Å². The lowest BCUT2D eigenvalue weighted by Gasteiger charge is -2.37. The lowest BCUT2D eigenvalue weighted by atomic mass is 10.1. The molecule has 98 valence electrons. The van der Waals surface area contributed by atoms with Gasteiger partial charge >= 0.3 is 6.18 Å². The topological polar surface area (TPSA) is 26.7 Å². The summed E-state index contributed by atoms with van der Waals surface area (Å²) in [7, 11) is 3.51. The zero-order chi connectivity index (χ0) is 13.2. The van der Waals surface area contributed by atoms with Crippen molar-refractivity contribution in [2.45, 2.75) is 19.1 Å². The minimum atomic E-state index is -4.28. The number of hydrogen-bond acceptors (Lipinski definition) is 3. The van der Waals surface area contributed by atoms with E-state index < -0.39 is 18.8 Å². The van der Waals surface area contributed by atoms with Crippen LogP contribution in [0.5, 0.6) is 0 Å². The van der Waals surface area contributed by atoms with Crippen molar-refractivity contribution in [3.63, 3.8) is 0 Å². The van der Waals surface area contributed by atoms with Crippen molar-refractivity contribution in [1.82, 2.24) is 9.80 Å². The second kappa shape index (κ2) is 5.00. The summed E-state index contributed by atoms with van der Waals surface area (Å²) < 4.78 is 37.4. The summed E-state index contributed by atoms with van der Waals surface area (Å²) in [4.78, 5) is 2.92. The van der Waals surface area contributed by atoms with Crippen molar-refractivity contribution >= 4 is 0 Å². The van der Waals surface area contributed by atoms with Gasteiger partial charge < -0.3 is 14.9 Å². The molecule has 1 atom stereocenters. The third kappa shape index (κ3) is 3.96. The largest absolute Gasteiger partial charge is 0.510 e. The maximum absolute atomic E-state index is 12.5. The van der Waals surface area contributed by atoms with Gasteiger partial charge in [0.05, 0.1) is 6.04 Å². The van der Waals surface area contributed by atoms with Gasteiger partial charge in [0.25, 0.3) is 0 Å². The summed E-state index contributed by atoms with van der Waals surface area (Å²) in [6.07, 6.45) is -1.33. The van der Waals surface area contributed by atoms with E-state index in [1.807, 2.05) is 0 Å². The number of aliphatic hydroxyl groups is 1. The van der Waals surface area contributed by atoms with Crippen molar-refractivity contribution in [1.29, 1.82) is 0 Å². The van der Waals surface area contributed by atoms with Crippen LogP contribution in [0.2, 0.25) is 0 Å². The van der Waals surface area contributed by atoms with Crippen molar-refractivity contribution < 1.29 is 18.3 Å². The van der Waals surface area contributed by atoms with Gasteiger partial charge in [-0.2, -0.15) is 13.2 Å². The number of aliphatic hydroxyl groups excluding tert-OH is 1. The highest BCUT2D eigenvalue weighted by Gasteiger charge is 2.36. The van der Waals surface area contributed by atoms with Crippen LogP contribution in [0.3, 0.4) is 0 Å². The minimum Gasteiger partial charge on any atom is -0.510 e. The average Bonchev–Trinajstić information content (AvgIpc) is 2.15. The molecule has 0 aromatic rings. The number of rotatable bonds is 3. The molecule has 0 radical (unpaired) electrons. The third-order valence-corrected chi connectivity index (χ3v) is 2.55. The molecule has 1 rings (SSSR count). The Morgan fingerprint density at radius 1 is 1.35 bits per heavy atom. The first-order chi connectivity index (χ1) is 7.70. The van der Waals surface area contributed by atoms with Crippen molar-refractivity contribution in [3.8, 4) is 0 Å². The number of hydrogen-bond donors (Lipinski definition) is 1. The fourth-order valence-electron chi connectivity index (χ4n) is 1.78. The van der Waals surface area contributed by atoms with Crippen LogP contribution in [0.4, 0.5) is 13.2 Å². The molecule has 6 heteroatoms. The average molecular weight is 250 g/mol. The summed E-state index contributed by atoms with van der Waals surface area (Å²) in [5.41, 5.74) is 0.506. The van der Waals surface area contributed by atoms with Gasteiger partial charge in [-0.25, -0.2) is 0 Å². The summed E-state index contributed by atoms with van der Waals surface area (Å²) in [6.45, 7) is 0.896. The molecule has 0 aromatic heterocycles. The Kier molecular flexibility index (Phi) is 4.08. The molecular weight excluding hydrogens is 233 g/mol. The van der Waals surface area contributed by atoms with E-state index in [9.17, 15) is 18.3 Å². The fraction of sp³-hybridized carbons (Fsp3) is 0.636. The first kappa shape index (κ1) is 13.9. The van der Waals surface area contributed by atoms with E-state index in [0.717, 1.165) is 0 Å². The molecule has 1 unspecified atom stereocenters. The number of allylic oxidation sites excluding steroid dienone is 3. The highest BCUT2D eigenvalue weighted by atomic mass is 19.4. The molecule has 0 aliphatic carbocycles. The molecule has 17 heavy (non-hydrogen) atoms. The van der Waals surface area contributed by atoms with Crippen LogP contribution in [0, 0.1) is 0 Å². The van der Waals surface area contributed by atoms with Crippen molar-refractivity contribution in [3.05, 3.63) is 23.6 Å². The van der Waals surface area contributed by atoms with Gasteiger partial charge in [0.1, 0.15) is 12.3 Å². The van der Waals surface area contributed by atoms with Crippen LogP contribution in [-0.4, -0.2) is 54.3 Å². The second-order valence-electron chi connectivity index (χ2n) is 4.42. The fourth-order valence-corrected chi connectivity index (χ4v) is 1.78. The summed E-state index contributed by atoms with van der Waals surface area (Å²) in [6, 6.07) is -0.642. The monoisotopic (exact) mass is 250 g/mol. The lowest BCUT2D eigenvalue weighted by Crippen LogP contribution is -2.47. The SMILES string of the molecule is CC1=CC=C(O)C(CN(C)C)N1CC(F)(F)F. The Labute approximate surface area is 98.8 Å². The standard InChI is InChI=1S/C11H17F3N2O/c1-8-4-5-10(17)9(6-15(2)3)16(8)7-11(12,13)14/h4-5,9,17H,6-7H2,1-3H3. The van der Waals surface area contributed by atoms with E-state index in [4.69, 9.17) is 0 Å². The van der Waals surface area contributed by atoms with Crippen molar-refractivity contribution in [2.24, 2.45) is 0 Å². The normalized spacial score (nSPS) is 21.6. The van der Waals surface area contributed by atoms with Crippen LogP contribution in [0.25, 0.3) is 0 Å². The van der Waals surface area contributed by atoms with E-state index in [0.29, 0.717) is 12.2 Å². The van der Waals surface area contributed by atoms with Crippen molar-refractivity contribution in [2.75, 3.05) is 27.2 Å². The molecule has 0 amide bonds. The minimum absolute atomic E-state index is 0.0337. The molecule has 1 N–H and O–H groups in total. The quantitative estimate of drug-likeness (QED) is 0.831. The van der Waals surface area contributed by atoms with Crippen LogP contribution in [-0.2, 0) is 0 Å². The highest BCUT2D eigenvalue weighted by molar-refractivity contribution is 5.24. The van der Waals surface area contributed by atoms with Crippen LogP contribution in [0.1, 0.15) is 6.92 Å². The second-order valence-corrected chi connectivity index (χ2v) is 4.42. The van der Waals surface area contributed by atoms with Crippen LogP contribution in [0.15, 0.2) is 23.6 Å². The number of nitrogens with zero attached hydrogens (tertiary/aromatic N) is 2. The first-order valence-electron chi connectivity index (χ1n) is 5.26. The molecule has 0 bridgehead atoms. The Morgan fingerprint density at radius 2 is 1.94 bits per heavy atom. The Balaban J connectivity index is 2.89. The summed E-state index contributed by atoms with van der Waals surface area (Å²) in [5, 5.41) is 9.68. The van der Waals surface area contributed by atoms with Gasteiger partial charge in [0, 0.05) is 12.2 Å². The molecule has 1 aliphatic rings. The molecule has 0 fully saturated rings. The molecule has 1 heterocycles. The molecular formula is C11H17F3N2O. The molecule has 1 aliphatic heterocycles. The maximum atomic E-state index is 12.5. The van der Waals surface area contributed by atoms with Gasteiger partial charge in [-0.3, -0.25) is 0 Å². The summed E-state index contributed by atoms with van der Waals surface area (Å²) in [5.74, 6) is -0.0337. The Bertz CT molecular complexity index is 334. The predicted octanol–water partition coefficient (Wildman–Crippen LogP) is 2.14. The highest BCUT2D eigenvalue weighted by Crippen LogP contribution is 2.26. The summed E-state index contributed by atoms with van der Waals surface area (Å²) >= 11 is 0. The lowest BCUT2D eigenvalue weighted by molar-refractivity contribution is -0.146. The Morgan fingerprint density at radius 3 is 2.41 bits per heavy atom. The number of likely N-dealkylation sites (N-methyl/N-ethyl adjacent to an activating group) is 1. The van der Waals surface area contributed by atoms with Crippen LogP contribution >= 0.6 is 0 Å². The molecule has 0 saturated carbocycles. The van der Waals surface area contributed by atoms with Gasteiger partial charge in [-0.15, -0.1) is 0 Å². The maximum Gasteiger partial charge on any atom is 0.405 e. The molecule has 3 nitrogen and oxygen atoms in total. The first-order valence-corrected chi connectivity index (χ1v) is 5.26.